The van der Waals surface area contributed by atoms with Crippen LogP contribution in [0.4, 0.5) is 0 Å². The molecule has 3 heterocycles. The summed E-state index contributed by atoms with van der Waals surface area (Å²) in [6, 6.07) is 59.2. The number of furan rings is 1. The Morgan fingerprint density at radius 3 is 1.80 bits per heavy atom. The molecule has 1 unspecified atom stereocenters. The van der Waals surface area contributed by atoms with Crippen molar-refractivity contribution in [2.75, 3.05) is 0 Å². The first-order chi connectivity index (χ1) is 24.8. The van der Waals surface area contributed by atoms with Crippen molar-refractivity contribution in [1.82, 2.24) is 9.88 Å². The molecule has 0 bridgehead atoms. The van der Waals surface area contributed by atoms with Crippen molar-refractivity contribution >= 4 is 55.4 Å². The summed E-state index contributed by atoms with van der Waals surface area (Å²) in [5, 5.41) is 8.23. The molecule has 0 saturated heterocycles. The Balaban J connectivity index is 1.08. The van der Waals surface area contributed by atoms with Crippen LogP contribution in [0.1, 0.15) is 22.9 Å². The van der Waals surface area contributed by atoms with Crippen LogP contribution in [0.3, 0.4) is 0 Å². The van der Waals surface area contributed by atoms with Crippen LogP contribution in [-0.4, -0.2) is 16.2 Å². The van der Waals surface area contributed by atoms with Crippen LogP contribution < -0.4 is 5.32 Å². The van der Waals surface area contributed by atoms with Gasteiger partial charge in [0.15, 0.2) is 6.17 Å². The molecule has 0 saturated carbocycles. The molecule has 0 fully saturated rings. The summed E-state index contributed by atoms with van der Waals surface area (Å²) in [5.41, 5.74) is 10.3. The summed E-state index contributed by atoms with van der Waals surface area (Å²) in [6.45, 7) is 0. The van der Waals surface area contributed by atoms with Crippen LogP contribution in [0.25, 0.3) is 60.6 Å². The van der Waals surface area contributed by atoms with Gasteiger partial charge in [0.05, 0.1) is 11.0 Å². The maximum atomic E-state index is 6.43. The number of fused-ring (bicyclic) bond motifs is 6. The van der Waals surface area contributed by atoms with Gasteiger partial charge in [-0.1, -0.05) is 133 Å². The lowest BCUT2D eigenvalue weighted by atomic mass is 10.0. The standard InChI is InChI=1S/C45H30N4O/c1-2-13-29(14-3-1)43-46-44(48-45(47-43)38-23-12-22-37-36-21-6-9-26-41(36)50-42(37)38)32-17-10-15-30(27-32)31-16-11-18-33(28-31)49-39-24-7-4-19-34(39)35-20-5-8-25-40(35)49/h1-28,45H,(H,46,47,48). The number of aromatic nitrogens is 1. The van der Waals surface area contributed by atoms with E-state index in [4.69, 9.17) is 14.4 Å². The molecule has 1 N–H and O–H groups in total. The zero-order chi connectivity index (χ0) is 33.0. The third-order valence-corrected chi connectivity index (χ3v) is 9.65. The fourth-order valence-corrected chi connectivity index (χ4v) is 7.32. The Hall–Kier alpha value is -6.72. The lowest BCUT2D eigenvalue weighted by Gasteiger charge is -2.22. The summed E-state index contributed by atoms with van der Waals surface area (Å²) in [7, 11) is 0. The van der Waals surface area contributed by atoms with Crippen LogP contribution >= 0.6 is 0 Å². The second kappa shape index (κ2) is 11.5. The Morgan fingerprint density at radius 2 is 1.02 bits per heavy atom. The molecule has 0 aliphatic carbocycles. The first-order valence-electron chi connectivity index (χ1n) is 16.9. The molecule has 1 aliphatic rings. The zero-order valence-electron chi connectivity index (χ0n) is 27.0. The van der Waals surface area contributed by atoms with Gasteiger partial charge in [0.1, 0.15) is 22.8 Å². The van der Waals surface area contributed by atoms with E-state index in [1.54, 1.807) is 0 Å². The SMILES string of the molecule is c1ccc(C2=NC(c3cccc4c3oc3ccccc34)N=C(c3cccc(-c4cccc(-n5c6ccccc6c6ccccc65)c4)c3)N2)cc1. The van der Waals surface area contributed by atoms with Gasteiger partial charge in [-0.15, -0.1) is 0 Å². The van der Waals surface area contributed by atoms with Crippen LogP contribution in [-0.2, 0) is 0 Å². The molecule has 1 atom stereocenters. The number of hydrogen-bond acceptors (Lipinski definition) is 4. The molecule has 5 nitrogen and oxygen atoms in total. The van der Waals surface area contributed by atoms with Crippen molar-refractivity contribution in [3.05, 3.63) is 187 Å². The summed E-state index contributed by atoms with van der Waals surface area (Å²) >= 11 is 0. The first kappa shape index (κ1) is 28.3. The second-order valence-corrected chi connectivity index (χ2v) is 12.6. The Labute approximate surface area is 288 Å². The van der Waals surface area contributed by atoms with Gasteiger partial charge < -0.3 is 14.3 Å². The molecule has 50 heavy (non-hydrogen) atoms. The molecule has 7 aromatic carbocycles. The molecule has 10 rings (SSSR count). The van der Waals surface area contributed by atoms with Crippen molar-refractivity contribution in [2.24, 2.45) is 9.98 Å². The molecule has 0 spiro atoms. The normalized spacial score (nSPS) is 14.6. The smallest absolute Gasteiger partial charge is 0.173 e. The molecule has 9 aromatic rings. The van der Waals surface area contributed by atoms with Crippen LogP contribution in [0.2, 0.25) is 0 Å². The number of benzene rings is 7. The average molecular weight is 643 g/mol. The van der Waals surface area contributed by atoms with Gasteiger partial charge in [0, 0.05) is 43.9 Å². The van der Waals surface area contributed by atoms with E-state index in [0.717, 1.165) is 67.1 Å². The summed E-state index contributed by atoms with van der Waals surface area (Å²) < 4.78 is 8.79. The fraction of sp³-hybridized carbons (Fsp3) is 0.0222. The lowest BCUT2D eigenvalue weighted by molar-refractivity contribution is 0.649. The monoisotopic (exact) mass is 642 g/mol. The highest BCUT2D eigenvalue weighted by Crippen LogP contribution is 2.37. The van der Waals surface area contributed by atoms with Crippen molar-refractivity contribution in [3.63, 3.8) is 0 Å². The molecule has 236 valence electrons. The predicted octanol–water partition coefficient (Wildman–Crippen LogP) is 10.8. The molecule has 5 heteroatoms. The van der Waals surface area contributed by atoms with E-state index >= 15 is 0 Å². The Kier molecular flexibility index (Phi) is 6.49. The van der Waals surface area contributed by atoms with E-state index in [-0.39, 0.29) is 0 Å². The Bertz CT molecular complexity index is 2750. The van der Waals surface area contributed by atoms with E-state index < -0.39 is 6.17 Å². The van der Waals surface area contributed by atoms with E-state index in [1.165, 1.54) is 21.8 Å². The van der Waals surface area contributed by atoms with Gasteiger partial charge in [0.2, 0.25) is 0 Å². The van der Waals surface area contributed by atoms with E-state index in [0.29, 0.717) is 0 Å². The quantitative estimate of drug-likeness (QED) is 0.203. The van der Waals surface area contributed by atoms with Crippen molar-refractivity contribution in [2.45, 2.75) is 6.17 Å². The van der Waals surface area contributed by atoms with Gasteiger partial charge in [-0.2, -0.15) is 0 Å². The maximum Gasteiger partial charge on any atom is 0.173 e. The van der Waals surface area contributed by atoms with Crippen molar-refractivity contribution in [3.8, 4) is 16.8 Å². The molecular weight excluding hydrogens is 613 g/mol. The minimum absolute atomic E-state index is 0.493. The highest BCUT2D eigenvalue weighted by atomic mass is 16.3. The third-order valence-electron chi connectivity index (χ3n) is 9.65. The number of nitrogens with zero attached hydrogens (tertiary/aromatic N) is 3. The largest absolute Gasteiger partial charge is 0.456 e. The number of aliphatic imine (C=N–C) groups is 2. The topological polar surface area (TPSA) is 54.8 Å². The molecule has 0 amide bonds. The number of para-hydroxylation sites is 4. The van der Waals surface area contributed by atoms with E-state index in [2.05, 4.69) is 143 Å². The van der Waals surface area contributed by atoms with Crippen molar-refractivity contribution in [1.29, 1.82) is 0 Å². The maximum absolute atomic E-state index is 6.43. The van der Waals surface area contributed by atoms with Gasteiger partial charge >= 0.3 is 0 Å². The first-order valence-corrected chi connectivity index (χ1v) is 16.9. The highest BCUT2D eigenvalue weighted by molar-refractivity contribution is 6.16. The van der Waals surface area contributed by atoms with E-state index in [1.807, 2.05) is 36.4 Å². The zero-order valence-corrected chi connectivity index (χ0v) is 27.0. The number of hydrogen-bond donors (Lipinski definition) is 1. The lowest BCUT2D eigenvalue weighted by Crippen LogP contribution is -2.36. The van der Waals surface area contributed by atoms with Gasteiger partial charge in [-0.3, -0.25) is 0 Å². The minimum atomic E-state index is -0.493. The Morgan fingerprint density at radius 1 is 0.460 bits per heavy atom. The highest BCUT2D eigenvalue weighted by Gasteiger charge is 2.24. The molecular formula is C45H30N4O. The number of amidine groups is 2. The van der Waals surface area contributed by atoms with Gasteiger partial charge in [-0.25, -0.2) is 9.98 Å². The number of rotatable bonds is 5. The van der Waals surface area contributed by atoms with Gasteiger partial charge in [0.25, 0.3) is 0 Å². The third kappa shape index (κ3) is 4.63. The molecule has 0 radical (unpaired) electrons. The number of nitrogens with one attached hydrogen (secondary N) is 1. The summed E-state index contributed by atoms with van der Waals surface area (Å²) in [4.78, 5) is 10.4. The predicted molar refractivity (Wildman–Crippen MR) is 205 cm³/mol. The fourth-order valence-electron chi connectivity index (χ4n) is 7.32. The average Bonchev–Trinajstić information content (AvgIpc) is 3.74. The van der Waals surface area contributed by atoms with Crippen molar-refractivity contribution < 1.29 is 4.42 Å². The van der Waals surface area contributed by atoms with Gasteiger partial charge in [-0.05, 0) is 47.5 Å². The summed E-state index contributed by atoms with van der Waals surface area (Å²) in [6.07, 6.45) is -0.493. The second-order valence-electron chi connectivity index (χ2n) is 12.6. The summed E-state index contributed by atoms with van der Waals surface area (Å²) in [5.74, 6) is 1.53. The molecule has 2 aromatic heterocycles. The van der Waals surface area contributed by atoms with Crippen LogP contribution in [0.15, 0.2) is 184 Å². The van der Waals surface area contributed by atoms with Crippen LogP contribution in [0.5, 0.6) is 0 Å². The molecule has 1 aliphatic heterocycles. The van der Waals surface area contributed by atoms with Crippen LogP contribution in [0, 0.1) is 0 Å². The minimum Gasteiger partial charge on any atom is -0.456 e. The van der Waals surface area contributed by atoms with E-state index in [9.17, 15) is 0 Å².